The van der Waals surface area contributed by atoms with Crippen molar-refractivity contribution in [1.82, 2.24) is 19.1 Å². The molecule has 1 saturated heterocycles. The van der Waals surface area contributed by atoms with Gasteiger partial charge in [0, 0.05) is 26.7 Å². The van der Waals surface area contributed by atoms with Crippen LogP contribution in [0.4, 0.5) is 5.95 Å². The molecule has 0 bridgehead atoms. The number of imidazole rings is 1. The molecule has 7 heteroatoms. The standard InChI is InChI=1S/C15H21N5O2/c1-10(2)9-20-11-12(18(3)15(22)17-13(11)21)16-14(20)19-7-5-4-6-8-19/h1,4-9H2,2-3H3,(H,17,21,22). The topological polar surface area (TPSA) is 75.9 Å². The quantitative estimate of drug-likeness (QED) is 0.858. The van der Waals surface area contributed by atoms with Crippen LogP contribution in [0, 0.1) is 0 Å². The fraction of sp³-hybridized carbons (Fsp3) is 0.533. The molecule has 0 saturated carbocycles. The first-order chi connectivity index (χ1) is 10.5. The van der Waals surface area contributed by atoms with Gasteiger partial charge in [-0.2, -0.15) is 4.98 Å². The van der Waals surface area contributed by atoms with Gasteiger partial charge in [-0.15, -0.1) is 0 Å². The third kappa shape index (κ3) is 2.36. The highest BCUT2D eigenvalue weighted by molar-refractivity contribution is 5.74. The lowest BCUT2D eigenvalue weighted by Crippen LogP contribution is -2.32. The van der Waals surface area contributed by atoms with Gasteiger partial charge >= 0.3 is 5.69 Å². The van der Waals surface area contributed by atoms with E-state index < -0.39 is 11.2 Å². The summed E-state index contributed by atoms with van der Waals surface area (Å²) in [6.45, 7) is 8.22. The van der Waals surface area contributed by atoms with Gasteiger partial charge in [0.15, 0.2) is 11.2 Å². The predicted molar refractivity (Wildman–Crippen MR) is 86.5 cm³/mol. The number of allylic oxidation sites excluding steroid dienone is 1. The van der Waals surface area contributed by atoms with E-state index in [0.717, 1.165) is 37.5 Å². The number of hydrogen-bond acceptors (Lipinski definition) is 4. The Morgan fingerprint density at radius 2 is 1.95 bits per heavy atom. The highest BCUT2D eigenvalue weighted by Crippen LogP contribution is 2.23. The maximum atomic E-state index is 12.3. The number of H-pyrrole nitrogens is 1. The van der Waals surface area contributed by atoms with E-state index in [1.54, 1.807) is 7.05 Å². The fourth-order valence-electron chi connectivity index (χ4n) is 2.98. The van der Waals surface area contributed by atoms with Crippen molar-refractivity contribution in [2.24, 2.45) is 7.05 Å². The number of fused-ring (bicyclic) bond motifs is 1. The molecular weight excluding hydrogens is 282 g/mol. The summed E-state index contributed by atoms with van der Waals surface area (Å²) in [5.41, 5.74) is 0.963. The van der Waals surface area contributed by atoms with Gasteiger partial charge in [-0.1, -0.05) is 12.2 Å². The van der Waals surface area contributed by atoms with E-state index in [2.05, 4.69) is 21.4 Å². The molecule has 1 aliphatic heterocycles. The largest absolute Gasteiger partial charge is 0.342 e. The van der Waals surface area contributed by atoms with Crippen molar-refractivity contribution in [3.63, 3.8) is 0 Å². The predicted octanol–water partition coefficient (Wildman–Crippen LogP) is 0.990. The summed E-state index contributed by atoms with van der Waals surface area (Å²) in [6, 6.07) is 0. The minimum Gasteiger partial charge on any atom is -0.342 e. The lowest BCUT2D eigenvalue weighted by molar-refractivity contribution is 0.559. The Hall–Kier alpha value is -2.31. The second-order valence-corrected chi connectivity index (χ2v) is 5.99. The second-order valence-electron chi connectivity index (χ2n) is 5.99. The third-order valence-corrected chi connectivity index (χ3v) is 4.05. The van der Waals surface area contributed by atoms with Gasteiger partial charge in [0.25, 0.3) is 5.56 Å². The molecule has 0 aromatic carbocycles. The SMILES string of the molecule is C=C(C)Cn1c(N2CCCCC2)nc2c1c(=O)[nH]c(=O)n2C. The van der Waals surface area contributed by atoms with Gasteiger partial charge < -0.3 is 9.47 Å². The van der Waals surface area contributed by atoms with Crippen molar-refractivity contribution < 1.29 is 0 Å². The number of rotatable bonds is 3. The van der Waals surface area contributed by atoms with Crippen LogP contribution in [0.15, 0.2) is 21.7 Å². The molecule has 1 fully saturated rings. The zero-order valence-corrected chi connectivity index (χ0v) is 13.1. The van der Waals surface area contributed by atoms with Gasteiger partial charge in [-0.3, -0.25) is 14.3 Å². The molecule has 2 aromatic rings. The number of nitrogens with one attached hydrogen (secondary N) is 1. The van der Waals surface area contributed by atoms with Crippen molar-refractivity contribution in [3.05, 3.63) is 33.0 Å². The van der Waals surface area contributed by atoms with Gasteiger partial charge in [-0.05, 0) is 26.2 Å². The molecule has 0 radical (unpaired) electrons. The zero-order chi connectivity index (χ0) is 15.9. The van der Waals surface area contributed by atoms with Crippen molar-refractivity contribution in [2.45, 2.75) is 32.7 Å². The molecule has 0 spiro atoms. The monoisotopic (exact) mass is 303 g/mol. The number of nitrogens with zero attached hydrogens (tertiary/aromatic N) is 4. The summed E-state index contributed by atoms with van der Waals surface area (Å²) in [6.07, 6.45) is 3.45. The van der Waals surface area contributed by atoms with Gasteiger partial charge in [-0.25, -0.2) is 4.79 Å². The summed E-state index contributed by atoms with van der Waals surface area (Å²) in [5, 5.41) is 0. The number of hydrogen-bond donors (Lipinski definition) is 1. The highest BCUT2D eigenvalue weighted by Gasteiger charge is 2.22. The van der Waals surface area contributed by atoms with Crippen LogP contribution in [-0.4, -0.2) is 32.2 Å². The molecule has 0 aliphatic carbocycles. The smallest absolute Gasteiger partial charge is 0.329 e. The van der Waals surface area contributed by atoms with Gasteiger partial charge in [0.05, 0.1) is 0 Å². The van der Waals surface area contributed by atoms with Crippen LogP contribution in [0.5, 0.6) is 0 Å². The summed E-state index contributed by atoms with van der Waals surface area (Å²) in [5.74, 6) is 0.754. The van der Waals surface area contributed by atoms with E-state index in [1.165, 1.54) is 11.0 Å². The van der Waals surface area contributed by atoms with Crippen molar-refractivity contribution in [1.29, 1.82) is 0 Å². The van der Waals surface area contributed by atoms with Gasteiger partial charge in [0.1, 0.15) is 0 Å². The van der Waals surface area contributed by atoms with Crippen LogP contribution >= 0.6 is 0 Å². The molecule has 0 atom stereocenters. The number of aromatic amines is 1. The minimum absolute atomic E-state index is 0.393. The molecule has 3 heterocycles. The number of anilines is 1. The Kier molecular flexibility index (Phi) is 3.64. The van der Waals surface area contributed by atoms with Crippen molar-refractivity contribution >= 4 is 17.1 Å². The molecule has 2 aromatic heterocycles. The first-order valence-corrected chi connectivity index (χ1v) is 7.58. The summed E-state index contributed by atoms with van der Waals surface area (Å²) < 4.78 is 3.26. The average molecular weight is 303 g/mol. The lowest BCUT2D eigenvalue weighted by Gasteiger charge is -2.28. The first-order valence-electron chi connectivity index (χ1n) is 7.58. The average Bonchev–Trinajstić information content (AvgIpc) is 2.85. The van der Waals surface area contributed by atoms with Crippen LogP contribution in [0.25, 0.3) is 11.2 Å². The maximum Gasteiger partial charge on any atom is 0.329 e. The molecule has 1 N–H and O–H groups in total. The van der Waals surface area contributed by atoms with E-state index in [0.29, 0.717) is 17.7 Å². The Balaban J connectivity index is 2.28. The maximum absolute atomic E-state index is 12.3. The Labute approximate surface area is 127 Å². The van der Waals surface area contributed by atoms with E-state index in [-0.39, 0.29) is 0 Å². The molecule has 3 rings (SSSR count). The van der Waals surface area contributed by atoms with E-state index in [4.69, 9.17) is 0 Å². The highest BCUT2D eigenvalue weighted by atomic mass is 16.2. The van der Waals surface area contributed by atoms with Crippen LogP contribution in [-0.2, 0) is 13.6 Å². The molecule has 0 unspecified atom stereocenters. The molecule has 7 nitrogen and oxygen atoms in total. The molecule has 22 heavy (non-hydrogen) atoms. The Bertz CT molecular complexity index is 836. The third-order valence-electron chi connectivity index (χ3n) is 4.05. The summed E-state index contributed by atoms with van der Waals surface area (Å²) in [7, 11) is 1.62. The molecular formula is C15H21N5O2. The van der Waals surface area contributed by atoms with E-state index in [1.807, 2.05) is 11.5 Å². The number of piperidine rings is 1. The second kappa shape index (κ2) is 5.47. The number of aromatic nitrogens is 4. The van der Waals surface area contributed by atoms with Crippen LogP contribution in [0.1, 0.15) is 26.2 Å². The molecule has 0 amide bonds. The van der Waals surface area contributed by atoms with Gasteiger partial charge in [0.2, 0.25) is 5.95 Å². The zero-order valence-electron chi connectivity index (χ0n) is 13.1. The number of aryl methyl sites for hydroxylation is 1. The van der Waals surface area contributed by atoms with E-state index >= 15 is 0 Å². The molecule has 118 valence electrons. The molecule has 1 aliphatic rings. The van der Waals surface area contributed by atoms with Crippen molar-refractivity contribution in [3.8, 4) is 0 Å². The normalized spacial score (nSPS) is 15.5. The van der Waals surface area contributed by atoms with Crippen LogP contribution < -0.4 is 16.1 Å². The first kappa shape index (κ1) is 14.6. The Morgan fingerprint density at radius 3 is 2.59 bits per heavy atom. The van der Waals surface area contributed by atoms with Crippen LogP contribution in [0.3, 0.4) is 0 Å². The summed E-state index contributed by atoms with van der Waals surface area (Å²) >= 11 is 0. The van der Waals surface area contributed by atoms with Crippen molar-refractivity contribution in [2.75, 3.05) is 18.0 Å². The minimum atomic E-state index is -0.442. The summed E-state index contributed by atoms with van der Waals surface area (Å²) in [4.78, 5) is 33.2. The lowest BCUT2D eigenvalue weighted by atomic mass is 10.1. The Morgan fingerprint density at radius 1 is 1.27 bits per heavy atom. The van der Waals surface area contributed by atoms with E-state index in [9.17, 15) is 9.59 Å². The fourth-order valence-corrected chi connectivity index (χ4v) is 2.98. The van der Waals surface area contributed by atoms with Crippen LogP contribution in [0.2, 0.25) is 0 Å².